The van der Waals surface area contributed by atoms with Gasteiger partial charge in [0.2, 0.25) is 11.8 Å². The molecule has 1 aromatic rings. The van der Waals surface area contributed by atoms with Crippen LogP contribution in [0, 0.1) is 5.92 Å². The van der Waals surface area contributed by atoms with Crippen LogP contribution >= 0.6 is 11.6 Å². The van der Waals surface area contributed by atoms with Crippen molar-refractivity contribution in [2.45, 2.75) is 84.3 Å². The maximum absolute atomic E-state index is 13.9. The highest BCUT2D eigenvalue weighted by Gasteiger charge is 2.33. The van der Waals surface area contributed by atoms with Crippen molar-refractivity contribution >= 4 is 33.3 Å². The minimum absolute atomic E-state index is 0.0378. The molecular formula is C33H51ClN4O4S. The van der Waals surface area contributed by atoms with Crippen molar-refractivity contribution in [3.8, 4) is 0 Å². The van der Waals surface area contributed by atoms with Crippen LogP contribution < -0.4 is 10.6 Å². The Morgan fingerprint density at radius 3 is 2.44 bits per heavy atom. The Hall–Kier alpha value is -2.20. The van der Waals surface area contributed by atoms with E-state index >= 15 is 0 Å². The smallest absolute Gasteiger partial charge is 0.245 e. The van der Waals surface area contributed by atoms with Crippen molar-refractivity contribution in [2.24, 2.45) is 5.92 Å². The molecule has 2 amide bonds. The third-order valence-corrected chi connectivity index (χ3v) is 10.7. The predicted octanol–water partition coefficient (Wildman–Crippen LogP) is 4.40. The third-order valence-electron chi connectivity index (χ3n) is 8.66. The van der Waals surface area contributed by atoms with Gasteiger partial charge >= 0.3 is 0 Å². The minimum Gasteiger partial charge on any atom is -0.344 e. The third kappa shape index (κ3) is 11.0. The van der Waals surface area contributed by atoms with E-state index in [1.165, 1.54) is 11.1 Å². The summed E-state index contributed by atoms with van der Waals surface area (Å²) in [5.74, 6) is 0.555. The quantitative estimate of drug-likeness (QED) is 0.262. The average molecular weight is 635 g/mol. The summed E-state index contributed by atoms with van der Waals surface area (Å²) in [5.41, 5.74) is 3.46. The number of piperazine rings is 1. The molecule has 240 valence electrons. The van der Waals surface area contributed by atoms with E-state index < -0.39 is 15.9 Å². The van der Waals surface area contributed by atoms with Gasteiger partial charge in [0, 0.05) is 68.4 Å². The molecule has 2 N–H and O–H groups in total. The standard InChI is InChI=1S/C33H51ClN4O4S/c1-6-8-9-29-25(5)23-35-30(29)22-32(39)36-31(21-26-10-12-27(34)13-11-26)33(40)38-17-15-37(16-18-38)28(20-24(3)4)14-19-43(41,42)7-2/h6,10-13,24,28,30-31,35H,1,7-9,14-23H2,2-5H3,(H,36,39). The summed E-state index contributed by atoms with van der Waals surface area (Å²) in [4.78, 5) is 31.4. The molecule has 43 heavy (non-hydrogen) atoms. The van der Waals surface area contributed by atoms with Crippen molar-refractivity contribution in [1.82, 2.24) is 20.4 Å². The van der Waals surface area contributed by atoms with Crippen LogP contribution in [-0.4, -0.2) is 92.4 Å². The van der Waals surface area contributed by atoms with Crippen LogP contribution in [0.25, 0.3) is 0 Å². The number of hydrogen-bond donors (Lipinski definition) is 2. The molecule has 1 aromatic carbocycles. The monoisotopic (exact) mass is 634 g/mol. The van der Waals surface area contributed by atoms with Gasteiger partial charge in [-0.3, -0.25) is 14.5 Å². The normalized spacial score (nSPS) is 19.5. The summed E-state index contributed by atoms with van der Waals surface area (Å²) in [6.45, 7) is 15.2. The van der Waals surface area contributed by atoms with Crippen molar-refractivity contribution in [3.05, 3.63) is 58.7 Å². The van der Waals surface area contributed by atoms with Crippen LogP contribution in [0.1, 0.15) is 65.4 Å². The second-order valence-electron chi connectivity index (χ2n) is 12.4. The number of hydrogen-bond acceptors (Lipinski definition) is 6. The van der Waals surface area contributed by atoms with Gasteiger partial charge in [0.1, 0.15) is 15.9 Å². The Morgan fingerprint density at radius 1 is 1.16 bits per heavy atom. The van der Waals surface area contributed by atoms with Crippen molar-refractivity contribution in [1.29, 1.82) is 0 Å². The Bertz CT molecular complexity index is 1220. The largest absolute Gasteiger partial charge is 0.344 e. The first-order valence-corrected chi connectivity index (χ1v) is 17.9. The second kappa shape index (κ2) is 16.8. The molecule has 0 saturated carbocycles. The average Bonchev–Trinajstić information content (AvgIpc) is 3.32. The molecule has 0 bridgehead atoms. The van der Waals surface area contributed by atoms with Crippen LogP contribution in [0.15, 0.2) is 48.1 Å². The van der Waals surface area contributed by atoms with Crippen LogP contribution in [-0.2, 0) is 25.8 Å². The lowest BCUT2D eigenvalue weighted by Crippen LogP contribution is -2.57. The van der Waals surface area contributed by atoms with E-state index in [1.807, 2.05) is 23.1 Å². The van der Waals surface area contributed by atoms with Gasteiger partial charge in [0.05, 0.1) is 5.75 Å². The molecule has 3 unspecified atom stereocenters. The van der Waals surface area contributed by atoms with Crippen LogP contribution in [0.4, 0.5) is 0 Å². The molecule has 1 fully saturated rings. The lowest BCUT2D eigenvalue weighted by molar-refractivity contribution is -0.138. The minimum atomic E-state index is -3.04. The molecule has 2 heterocycles. The van der Waals surface area contributed by atoms with Gasteiger partial charge in [-0.2, -0.15) is 0 Å². The molecule has 3 rings (SSSR count). The number of sulfone groups is 1. The van der Waals surface area contributed by atoms with Crippen LogP contribution in [0.3, 0.4) is 0 Å². The van der Waals surface area contributed by atoms with E-state index in [2.05, 4.69) is 42.9 Å². The second-order valence-corrected chi connectivity index (χ2v) is 15.3. The number of nitrogens with zero attached hydrogens (tertiary/aromatic N) is 2. The van der Waals surface area contributed by atoms with Gasteiger partial charge in [-0.25, -0.2) is 8.42 Å². The van der Waals surface area contributed by atoms with E-state index in [0.29, 0.717) is 50.0 Å². The highest BCUT2D eigenvalue weighted by atomic mass is 35.5. The van der Waals surface area contributed by atoms with Crippen LogP contribution in [0.5, 0.6) is 0 Å². The fourth-order valence-electron chi connectivity index (χ4n) is 6.13. The zero-order valence-electron chi connectivity index (χ0n) is 26.4. The molecule has 3 atom stereocenters. The highest BCUT2D eigenvalue weighted by molar-refractivity contribution is 7.91. The van der Waals surface area contributed by atoms with Gasteiger partial charge in [-0.1, -0.05) is 61.7 Å². The Labute approximate surface area is 264 Å². The zero-order valence-corrected chi connectivity index (χ0v) is 28.0. The summed E-state index contributed by atoms with van der Waals surface area (Å²) in [6, 6.07) is 6.82. The van der Waals surface area contributed by atoms with E-state index in [0.717, 1.165) is 31.4 Å². The number of allylic oxidation sites excluding steroid dienone is 1. The first-order valence-electron chi connectivity index (χ1n) is 15.7. The Kier molecular flexibility index (Phi) is 13.7. The number of benzene rings is 1. The molecule has 0 radical (unpaired) electrons. The summed E-state index contributed by atoms with van der Waals surface area (Å²) in [7, 11) is -3.04. The van der Waals surface area contributed by atoms with Crippen molar-refractivity contribution in [3.63, 3.8) is 0 Å². The lowest BCUT2D eigenvalue weighted by atomic mass is 9.97. The van der Waals surface area contributed by atoms with Gasteiger partial charge in [-0.05, 0) is 56.2 Å². The predicted molar refractivity (Wildman–Crippen MR) is 176 cm³/mol. The molecule has 10 heteroatoms. The first-order chi connectivity index (χ1) is 20.4. The number of carbonyl (C=O) groups is 2. The van der Waals surface area contributed by atoms with E-state index in [4.69, 9.17) is 11.6 Å². The molecule has 0 spiro atoms. The molecule has 0 aliphatic carbocycles. The van der Waals surface area contributed by atoms with Crippen LogP contribution in [0.2, 0.25) is 5.02 Å². The summed E-state index contributed by atoms with van der Waals surface area (Å²) < 4.78 is 24.4. The summed E-state index contributed by atoms with van der Waals surface area (Å²) >= 11 is 6.10. The number of amides is 2. The SMILES string of the molecule is C=CCCC1=C(C)CNC1CC(=O)NC(Cc1ccc(Cl)cc1)C(=O)N1CCN(C(CCS(=O)(=O)CC)CC(C)C)CC1. The van der Waals surface area contributed by atoms with Gasteiger partial charge in [-0.15, -0.1) is 6.58 Å². The molecule has 0 aromatic heterocycles. The lowest BCUT2D eigenvalue weighted by Gasteiger charge is -2.41. The van der Waals surface area contributed by atoms with Crippen molar-refractivity contribution in [2.75, 3.05) is 44.2 Å². The number of carbonyl (C=O) groups excluding carboxylic acids is 2. The fraction of sp³-hybridized carbons (Fsp3) is 0.636. The highest BCUT2D eigenvalue weighted by Crippen LogP contribution is 2.24. The Morgan fingerprint density at radius 2 is 1.84 bits per heavy atom. The van der Waals surface area contributed by atoms with Gasteiger partial charge in [0.15, 0.2) is 0 Å². The number of nitrogens with one attached hydrogen (secondary N) is 2. The van der Waals surface area contributed by atoms with E-state index in [-0.39, 0.29) is 41.8 Å². The molecule has 2 aliphatic heterocycles. The topological polar surface area (TPSA) is 98.8 Å². The van der Waals surface area contributed by atoms with E-state index in [9.17, 15) is 18.0 Å². The summed E-state index contributed by atoms with van der Waals surface area (Å²) in [6.07, 6.45) is 5.81. The zero-order chi connectivity index (χ0) is 31.6. The molecule has 8 nitrogen and oxygen atoms in total. The maximum Gasteiger partial charge on any atom is 0.245 e. The van der Waals surface area contributed by atoms with E-state index in [1.54, 1.807) is 19.1 Å². The summed E-state index contributed by atoms with van der Waals surface area (Å²) in [5, 5.41) is 7.14. The number of halogens is 1. The van der Waals surface area contributed by atoms with Gasteiger partial charge < -0.3 is 15.5 Å². The maximum atomic E-state index is 13.9. The first kappa shape index (κ1) is 35.3. The molecule has 2 aliphatic rings. The number of rotatable bonds is 16. The van der Waals surface area contributed by atoms with Gasteiger partial charge in [0.25, 0.3) is 0 Å². The molecule has 1 saturated heterocycles. The Balaban J connectivity index is 1.68. The van der Waals surface area contributed by atoms with Crippen molar-refractivity contribution < 1.29 is 18.0 Å². The fourth-order valence-corrected chi connectivity index (χ4v) is 7.17. The molecular weight excluding hydrogens is 584 g/mol.